The normalized spacial score (nSPS) is 11.3. The number of rotatable bonds is 13. The predicted molar refractivity (Wildman–Crippen MR) is 170 cm³/mol. The van der Waals surface area contributed by atoms with E-state index in [1.807, 2.05) is 49.4 Å². The lowest BCUT2D eigenvalue weighted by Gasteiger charge is -2.25. The van der Waals surface area contributed by atoms with Gasteiger partial charge in [0.2, 0.25) is 0 Å². The van der Waals surface area contributed by atoms with Crippen LogP contribution in [0.15, 0.2) is 97.1 Å². The molecule has 0 radical (unpaired) electrons. The van der Waals surface area contributed by atoms with E-state index >= 15 is 0 Å². The molecule has 6 heteroatoms. The number of ether oxygens (including phenoxy) is 1. The molecule has 0 aliphatic heterocycles. The molecule has 0 unspecified atom stereocenters. The summed E-state index contributed by atoms with van der Waals surface area (Å²) in [7, 11) is 0. The number of halogens is 2. The summed E-state index contributed by atoms with van der Waals surface area (Å²) in [6.07, 6.45) is 1.98. The van der Waals surface area contributed by atoms with Crippen molar-refractivity contribution in [3.05, 3.63) is 131 Å². The van der Waals surface area contributed by atoms with Gasteiger partial charge in [-0.2, -0.15) is 0 Å². The molecular weight excluding hydrogens is 540 g/mol. The highest BCUT2D eigenvalue weighted by Gasteiger charge is 2.23. The highest BCUT2D eigenvalue weighted by Crippen LogP contribution is 2.32. The van der Waals surface area contributed by atoms with Crippen LogP contribution in [-0.4, -0.2) is 21.1 Å². The van der Waals surface area contributed by atoms with Crippen molar-refractivity contribution in [2.75, 3.05) is 6.61 Å². The highest BCUT2D eigenvalue weighted by atomic mass is 19.2. The first kappa shape index (κ1) is 30.2. The van der Waals surface area contributed by atoms with E-state index < -0.39 is 11.6 Å². The van der Waals surface area contributed by atoms with Gasteiger partial charge in [-0.05, 0) is 61.7 Å². The Labute approximate surface area is 253 Å². The molecule has 43 heavy (non-hydrogen) atoms. The molecule has 0 amide bonds. The van der Waals surface area contributed by atoms with Crippen molar-refractivity contribution < 1.29 is 13.5 Å². The van der Waals surface area contributed by atoms with Crippen LogP contribution in [0.5, 0.6) is 5.75 Å². The Hall–Kier alpha value is -4.29. The minimum atomic E-state index is -0.878. The number of imidazole rings is 1. The number of aryl methyl sites for hydroxylation is 1. The molecule has 0 atom stereocenters. The molecule has 0 aliphatic rings. The van der Waals surface area contributed by atoms with E-state index in [1.54, 1.807) is 6.07 Å². The molecule has 5 aromatic rings. The minimum Gasteiger partial charge on any atom is -0.494 e. The first-order valence-electron chi connectivity index (χ1n) is 15.0. The number of aromatic nitrogens is 2. The fourth-order valence-corrected chi connectivity index (χ4v) is 5.49. The predicted octanol–water partition coefficient (Wildman–Crippen LogP) is 9.20. The Morgan fingerprint density at radius 2 is 1.49 bits per heavy atom. The monoisotopic (exact) mass is 579 g/mol. The van der Waals surface area contributed by atoms with E-state index in [9.17, 15) is 8.78 Å². The molecule has 0 spiro atoms. The standard InChI is InChI=1S/C37H39F2N3O/c1-4-6-20-42-35(36(31-18-19-33(38)34(39)23-31)40-37(42)30-15-8-7-9-16-30)26-41(24-28-13-10-12-27(3)21-28)25-29-14-11-17-32(22-29)43-5-2/h7-19,21-23H,4-6,20,24-26H2,1-3H3. The minimum absolute atomic E-state index is 0.560. The third kappa shape index (κ3) is 7.57. The Morgan fingerprint density at radius 1 is 0.744 bits per heavy atom. The summed E-state index contributed by atoms with van der Waals surface area (Å²) in [5.41, 5.74) is 6.75. The molecule has 5 rings (SSSR count). The van der Waals surface area contributed by atoms with Crippen LogP contribution < -0.4 is 4.74 Å². The maximum Gasteiger partial charge on any atom is 0.159 e. The van der Waals surface area contributed by atoms with Gasteiger partial charge in [0.25, 0.3) is 0 Å². The van der Waals surface area contributed by atoms with Gasteiger partial charge >= 0.3 is 0 Å². The van der Waals surface area contributed by atoms with Crippen molar-refractivity contribution in [1.29, 1.82) is 0 Å². The lowest BCUT2D eigenvalue weighted by atomic mass is 10.1. The third-order valence-electron chi connectivity index (χ3n) is 7.51. The highest BCUT2D eigenvalue weighted by molar-refractivity contribution is 5.68. The van der Waals surface area contributed by atoms with Gasteiger partial charge in [0, 0.05) is 37.3 Å². The van der Waals surface area contributed by atoms with Crippen LogP contribution in [0.3, 0.4) is 0 Å². The summed E-state index contributed by atoms with van der Waals surface area (Å²) in [6.45, 7) is 9.57. The molecule has 1 aromatic heterocycles. The molecule has 0 N–H and O–H groups in total. The van der Waals surface area contributed by atoms with E-state index in [4.69, 9.17) is 9.72 Å². The van der Waals surface area contributed by atoms with E-state index in [0.717, 1.165) is 47.8 Å². The molecule has 0 aliphatic carbocycles. The molecule has 0 bridgehead atoms. The van der Waals surface area contributed by atoms with Crippen molar-refractivity contribution >= 4 is 0 Å². The van der Waals surface area contributed by atoms with Crippen LogP contribution in [0, 0.1) is 18.6 Å². The van der Waals surface area contributed by atoms with Gasteiger partial charge in [-0.25, -0.2) is 13.8 Å². The van der Waals surface area contributed by atoms with Gasteiger partial charge in [-0.1, -0.05) is 85.6 Å². The van der Waals surface area contributed by atoms with E-state index in [1.165, 1.54) is 23.3 Å². The van der Waals surface area contributed by atoms with Crippen LogP contribution in [0.4, 0.5) is 8.78 Å². The number of benzene rings is 4. The smallest absolute Gasteiger partial charge is 0.159 e. The number of hydrogen-bond donors (Lipinski definition) is 0. The maximum atomic E-state index is 14.6. The fourth-order valence-electron chi connectivity index (χ4n) is 5.49. The zero-order chi connectivity index (χ0) is 30.2. The summed E-state index contributed by atoms with van der Waals surface area (Å²) >= 11 is 0. The Balaban J connectivity index is 1.63. The molecule has 0 saturated carbocycles. The summed E-state index contributed by atoms with van der Waals surface area (Å²) in [5.74, 6) is -0.0682. The maximum absolute atomic E-state index is 14.6. The van der Waals surface area contributed by atoms with Crippen LogP contribution in [0.1, 0.15) is 49.1 Å². The lowest BCUT2D eigenvalue weighted by molar-refractivity contribution is 0.240. The van der Waals surface area contributed by atoms with Crippen molar-refractivity contribution in [2.24, 2.45) is 0 Å². The zero-order valence-corrected chi connectivity index (χ0v) is 25.2. The molecule has 4 nitrogen and oxygen atoms in total. The molecule has 222 valence electrons. The average molecular weight is 580 g/mol. The van der Waals surface area contributed by atoms with E-state index in [-0.39, 0.29) is 0 Å². The Bertz CT molecular complexity index is 1650. The SMILES string of the molecule is CCCCn1c(-c2ccccc2)nc(-c2ccc(F)c(F)c2)c1CN(Cc1cccc(C)c1)Cc1cccc(OCC)c1. The van der Waals surface area contributed by atoms with Gasteiger partial charge in [0.05, 0.1) is 18.0 Å². The number of nitrogens with zero attached hydrogens (tertiary/aromatic N) is 3. The quantitative estimate of drug-likeness (QED) is 0.139. The second-order valence-corrected chi connectivity index (χ2v) is 10.9. The molecule has 1 heterocycles. The molecule has 4 aromatic carbocycles. The largest absolute Gasteiger partial charge is 0.494 e. The summed E-state index contributed by atoms with van der Waals surface area (Å²) in [4.78, 5) is 7.51. The fraction of sp³-hybridized carbons (Fsp3) is 0.270. The van der Waals surface area contributed by atoms with Gasteiger partial charge in [-0.3, -0.25) is 4.90 Å². The Kier molecular flexibility index (Phi) is 10.0. The molecular formula is C37H39F2N3O. The van der Waals surface area contributed by atoms with E-state index in [2.05, 4.69) is 59.7 Å². The first-order chi connectivity index (χ1) is 20.9. The number of hydrogen-bond acceptors (Lipinski definition) is 3. The van der Waals surface area contributed by atoms with Crippen LogP contribution in [0.2, 0.25) is 0 Å². The topological polar surface area (TPSA) is 30.3 Å². The van der Waals surface area contributed by atoms with Gasteiger partial charge < -0.3 is 9.30 Å². The Morgan fingerprint density at radius 3 is 2.19 bits per heavy atom. The summed E-state index contributed by atoms with van der Waals surface area (Å²) in [5, 5.41) is 0. The van der Waals surface area contributed by atoms with Crippen molar-refractivity contribution in [3.8, 4) is 28.4 Å². The first-order valence-corrected chi connectivity index (χ1v) is 15.0. The van der Waals surface area contributed by atoms with Crippen LogP contribution in [-0.2, 0) is 26.2 Å². The summed E-state index contributed by atoms with van der Waals surface area (Å²) < 4.78 is 36.7. The van der Waals surface area contributed by atoms with Crippen LogP contribution >= 0.6 is 0 Å². The van der Waals surface area contributed by atoms with Crippen molar-refractivity contribution in [3.63, 3.8) is 0 Å². The number of unbranched alkanes of at least 4 members (excludes halogenated alkanes) is 1. The third-order valence-corrected chi connectivity index (χ3v) is 7.51. The van der Waals surface area contributed by atoms with Gasteiger partial charge in [-0.15, -0.1) is 0 Å². The lowest BCUT2D eigenvalue weighted by Crippen LogP contribution is -2.24. The molecule has 0 fully saturated rings. The van der Waals surface area contributed by atoms with Crippen LogP contribution in [0.25, 0.3) is 22.6 Å². The average Bonchev–Trinajstić information content (AvgIpc) is 3.36. The molecule has 0 saturated heterocycles. The van der Waals surface area contributed by atoms with Crippen molar-refractivity contribution in [2.45, 2.75) is 59.8 Å². The van der Waals surface area contributed by atoms with Crippen molar-refractivity contribution in [1.82, 2.24) is 14.5 Å². The second kappa shape index (κ2) is 14.3. The second-order valence-electron chi connectivity index (χ2n) is 10.9. The zero-order valence-electron chi connectivity index (χ0n) is 25.2. The van der Waals surface area contributed by atoms with Gasteiger partial charge in [0.15, 0.2) is 11.6 Å². The van der Waals surface area contributed by atoms with Gasteiger partial charge in [0.1, 0.15) is 11.6 Å². The summed E-state index contributed by atoms with van der Waals surface area (Å²) in [6, 6.07) is 30.9. The van der Waals surface area contributed by atoms with E-state index in [0.29, 0.717) is 37.5 Å².